The second kappa shape index (κ2) is 30.7. The lowest BCUT2D eigenvalue weighted by Crippen LogP contribution is -2.68. The molecule has 35 heteroatoms. The van der Waals surface area contributed by atoms with Crippen LogP contribution in [0.4, 0.5) is 0 Å². The Kier molecular flexibility index (Phi) is 32.5. The molecule has 0 aromatic heterocycles. The molecule has 0 bridgehead atoms. The van der Waals surface area contributed by atoms with Gasteiger partial charge in [0.15, 0.2) is 33.3 Å². The van der Waals surface area contributed by atoms with Crippen molar-refractivity contribution < 1.29 is 85.1 Å². The van der Waals surface area contributed by atoms with Crippen LogP contribution in [-0.4, -0.2) is 193 Å². The maximum Gasteiger partial charge on any atom is 0.638 e. The van der Waals surface area contributed by atoms with Crippen molar-refractivity contribution >= 4 is 129 Å². The highest BCUT2D eigenvalue weighted by Gasteiger charge is 2.61. The first kappa shape index (κ1) is 80.5. The summed E-state index contributed by atoms with van der Waals surface area (Å²) in [6.45, 7) is 44.8. The van der Waals surface area contributed by atoms with E-state index in [0.29, 0.717) is 42.3 Å². The summed E-state index contributed by atoms with van der Waals surface area (Å²) in [6.07, 6.45) is 0.794. The molecule has 0 spiro atoms. The quantitative estimate of drug-likeness (QED) is 0.0539. The summed E-state index contributed by atoms with van der Waals surface area (Å²) in [6, 6.07) is 4.51. The molecule has 2 unspecified atom stereocenters. The van der Waals surface area contributed by atoms with E-state index in [4.69, 9.17) is 85.1 Å². The molecule has 1 fully saturated rings. The lowest BCUT2D eigenvalue weighted by Gasteiger charge is -2.51. The molecular formula is C41H116O20Si15. The normalized spacial score (nSPS) is 23.4. The highest BCUT2D eigenvalue weighted by Crippen LogP contribution is 2.42. The molecular weight excluding hydrogens is 1230 g/mol. The van der Waals surface area contributed by atoms with Gasteiger partial charge in [0.05, 0.1) is 0 Å². The van der Waals surface area contributed by atoms with Gasteiger partial charge in [-0.25, -0.2) is 0 Å². The second-order valence-electron chi connectivity index (χ2n) is 24.7. The van der Waals surface area contributed by atoms with Crippen molar-refractivity contribution in [1.29, 1.82) is 0 Å². The summed E-state index contributed by atoms with van der Waals surface area (Å²) in [5.74, 6) is 0. The Balaban J connectivity index is 0. The lowest BCUT2D eigenvalue weighted by atomic mass is 10.6. The molecule has 0 aromatic rings. The second-order valence-corrected chi connectivity index (χ2v) is 80.1. The third kappa shape index (κ3) is 28.1. The van der Waals surface area contributed by atoms with E-state index in [9.17, 15) is 0 Å². The molecule has 1 heterocycles. The zero-order chi connectivity index (χ0) is 58.0. The van der Waals surface area contributed by atoms with Crippen LogP contribution >= 0.6 is 0 Å². The van der Waals surface area contributed by atoms with Crippen molar-refractivity contribution in [1.82, 2.24) is 0 Å². The molecule has 0 amide bonds. The van der Waals surface area contributed by atoms with Crippen molar-refractivity contribution in [3.63, 3.8) is 0 Å². The highest BCUT2D eigenvalue weighted by molar-refractivity contribution is 6.96. The van der Waals surface area contributed by atoms with Crippen LogP contribution in [0.15, 0.2) is 0 Å². The lowest BCUT2D eigenvalue weighted by molar-refractivity contribution is 0.122. The largest absolute Gasteiger partial charge is 0.638 e. The van der Waals surface area contributed by atoms with E-state index in [0.717, 1.165) is 12.5 Å². The Morgan fingerprint density at radius 3 is 0.750 bits per heavy atom. The molecule has 2 atom stereocenters. The molecule has 0 aliphatic carbocycles. The third-order valence-corrected chi connectivity index (χ3v) is 66.9. The summed E-state index contributed by atoms with van der Waals surface area (Å²) < 4.78 is 132. The number of hydrogen-bond acceptors (Lipinski definition) is 20. The van der Waals surface area contributed by atoms with Gasteiger partial charge in [0.25, 0.3) is 0 Å². The van der Waals surface area contributed by atoms with Gasteiger partial charge < -0.3 is 85.1 Å². The van der Waals surface area contributed by atoms with E-state index in [-0.39, 0.29) is 14.9 Å². The molecule has 460 valence electrons. The monoisotopic (exact) mass is 1350 g/mol. The topological polar surface area (TPSA) is 185 Å². The first-order chi connectivity index (χ1) is 33.2. The van der Waals surface area contributed by atoms with Gasteiger partial charge in [-0.05, 0) is 168 Å². The van der Waals surface area contributed by atoms with Gasteiger partial charge >= 0.3 is 95.4 Å². The van der Waals surface area contributed by atoms with Crippen LogP contribution in [0.5, 0.6) is 0 Å². The van der Waals surface area contributed by atoms with Gasteiger partial charge in [0.1, 0.15) is 0 Å². The van der Waals surface area contributed by atoms with Crippen LogP contribution in [0.3, 0.4) is 0 Å². The Bertz CT molecular complexity index is 1570. The molecule has 76 heavy (non-hydrogen) atoms. The Morgan fingerprint density at radius 1 is 0.289 bits per heavy atom. The van der Waals surface area contributed by atoms with E-state index in [2.05, 4.69) is 124 Å². The molecule has 0 saturated carbocycles. The average Bonchev–Trinajstić information content (AvgIpc) is 3.18. The number of rotatable bonds is 36. The van der Waals surface area contributed by atoms with Crippen LogP contribution in [0, 0.1) is 0 Å². The fourth-order valence-corrected chi connectivity index (χ4v) is 75.7. The van der Waals surface area contributed by atoms with E-state index < -0.39 is 129 Å². The minimum Gasteiger partial charge on any atom is -0.436 e. The summed E-state index contributed by atoms with van der Waals surface area (Å²) in [5, 5.41) is 0. The van der Waals surface area contributed by atoms with Crippen LogP contribution in [-0.2, 0) is 85.1 Å². The zero-order valence-electron chi connectivity index (χ0n) is 52.0. The maximum atomic E-state index is 7.59. The molecule has 0 aromatic carbocycles. The predicted octanol–water partition coefficient (Wildman–Crippen LogP) is 12.0. The average molecular weight is 1350 g/mol. The third-order valence-electron chi connectivity index (χ3n) is 11.8. The fraction of sp³-hybridized carbons (Fsp3) is 1.00. The van der Waals surface area contributed by atoms with Gasteiger partial charge in [0.2, 0.25) is 0 Å². The Hall–Kier alpha value is 2.45. The van der Waals surface area contributed by atoms with Crippen LogP contribution < -0.4 is 0 Å². The van der Waals surface area contributed by atoms with Crippen molar-refractivity contribution in [3.8, 4) is 0 Å². The molecule has 1 saturated heterocycles. The molecule has 1 aliphatic rings. The zero-order valence-corrected chi connectivity index (χ0v) is 67.0. The van der Waals surface area contributed by atoms with Crippen molar-refractivity contribution in [2.24, 2.45) is 0 Å². The standard InChI is InChI=1S/C39H108O20Si15.2CH4/c1-40-71(41-2,42-3)37-34-68(28)56-67(27,57-69(29,35-38-72(43-4,44-5)45-6)59-70(30,58-68)36-39-73(46-7,47-8)48-9)33-31-32-63(19,20)52-64(21,22)53-65(23,24)54-66(25,26)55-74(49-60(10,11)12,50-61(13,14)15)51-62(16,17)18;;/h31-39H2,1-30H3;2*1H4. The first-order valence-corrected chi connectivity index (χ1v) is 65.1. The summed E-state index contributed by atoms with van der Waals surface area (Å²) in [5.41, 5.74) is 0. The van der Waals surface area contributed by atoms with Crippen LogP contribution in [0.25, 0.3) is 0 Å². The van der Waals surface area contributed by atoms with E-state index in [1.165, 1.54) is 0 Å². The van der Waals surface area contributed by atoms with Crippen LogP contribution in [0.2, 0.25) is 186 Å². The summed E-state index contributed by atoms with van der Waals surface area (Å²) in [4.78, 5) is 0. The molecule has 0 N–H and O–H groups in total. The van der Waals surface area contributed by atoms with Gasteiger partial charge in [-0.3, -0.25) is 0 Å². The van der Waals surface area contributed by atoms with E-state index >= 15 is 0 Å². The van der Waals surface area contributed by atoms with Crippen LogP contribution in [0.1, 0.15) is 21.3 Å². The predicted molar refractivity (Wildman–Crippen MR) is 341 cm³/mol. The van der Waals surface area contributed by atoms with E-state index in [1.807, 2.05) is 13.1 Å². The minimum absolute atomic E-state index is 0. The maximum absolute atomic E-state index is 7.59. The van der Waals surface area contributed by atoms with Crippen molar-refractivity contribution in [2.45, 2.75) is 207 Å². The Morgan fingerprint density at radius 2 is 0.513 bits per heavy atom. The summed E-state index contributed by atoms with van der Waals surface area (Å²) >= 11 is 0. The molecule has 0 radical (unpaired) electrons. The van der Waals surface area contributed by atoms with Gasteiger partial charge in [-0.1, -0.05) is 21.3 Å². The first-order valence-electron chi connectivity index (χ1n) is 25.8. The molecule has 1 rings (SSSR count). The van der Waals surface area contributed by atoms with Crippen molar-refractivity contribution in [3.05, 3.63) is 0 Å². The van der Waals surface area contributed by atoms with Gasteiger partial charge in [-0.2, -0.15) is 0 Å². The van der Waals surface area contributed by atoms with Gasteiger partial charge in [0, 0.05) is 82.1 Å². The fourth-order valence-electron chi connectivity index (χ4n) is 9.48. The van der Waals surface area contributed by atoms with Gasteiger partial charge in [-0.15, -0.1) is 0 Å². The molecule has 20 nitrogen and oxygen atoms in total. The molecule has 1 aliphatic heterocycles. The van der Waals surface area contributed by atoms with Crippen molar-refractivity contribution in [2.75, 3.05) is 64.0 Å². The smallest absolute Gasteiger partial charge is 0.436 e. The SMILES string of the molecule is C.C.CO[Si](CC[Si]1(C)O[Si](C)(CCC[Si](C)(C)O[Si](C)(C)O[Si](C)(C)O[Si](C)(C)O[Si](O[Si](C)(C)C)(O[Si](C)(C)C)O[Si](C)(C)C)O[Si](C)(CC[Si](OC)(OC)OC)O[Si](C)(CC[Si](OC)(OC)OC)O1)(OC)OC. The summed E-state index contributed by atoms with van der Waals surface area (Å²) in [7, 11) is -28.6. The Labute approximate surface area is 481 Å². The highest BCUT2D eigenvalue weighted by atomic mass is 28.6. The number of hydrogen-bond donors (Lipinski definition) is 0. The minimum atomic E-state index is -3.65. The van der Waals surface area contributed by atoms with E-state index in [1.54, 1.807) is 64.0 Å².